The van der Waals surface area contributed by atoms with Gasteiger partial charge in [0.05, 0.1) is 11.1 Å². The van der Waals surface area contributed by atoms with E-state index >= 15 is 0 Å². The lowest BCUT2D eigenvalue weighted by Gasteiger charge is -2.30. The molecule has 0 saturated heterocycles. The van der Waals surface area contributed by atoms with E-state index in [9.17, 15) is 10.1 Å². The summed E-state index contributed by atoms with van der Waals surface area (Å²) in [4.78, 5) is 12.5. The molecule has 2 atom stereocenters. The van der Waals surface area contributed by atoms with Crippen molar-refractivity contribution >= 4 is 34.9 Å². The van der Waals surface area contributed by atoms with Gasteiger partial charge in [-0.3, -0.25) is 15.5 Å². The molecule has 0 amide bonds. The highest BCUT2D eigenvalue weighted by atomic mass is 32.1. The average Bonchev–Trinajstić information content (AvgIpc) is 2.56. The van der Waals surface area contributed by atoms with Gasteiger partial charge in [0.1, 0.15) is 5.69 Å². The van der Waals surface area contributed by atoms with Gasteiger partial charge in [-0.2, -0.15) is 5.10 Å². The topological polar surface area (TPSA) is 82.8 Å². The van der Waals surface area contributed by atoms with Gasteiger partial charge < -0.3 is 10.2 Å². The number of rotatable bonds is 5. The number of nitro benzene ring substituents is 1. The molecular weight excluding hydrogens is 338 g/mol. The smallest absolute Gasteiger partial charge is 0.293 e. The van der Waals surface area contributed by atoms with Gasteiger partial charge in [-0.15, -0.1) is 0 Å². The van der Waals surface area contributed by atoms with E-state index in [4.69, 9.17) is 12.2 Å². The van der Waals surface area contributed by atoms with Crippen molar-refractivity contribution in [2.75, 3.05) is 19.0 Å². The molecule has 0 bridgehead atoms. The van der Waals surface area contributed by atoms with Crippen molar-refractivity contribution in [3.8, 4) is 0 Å². The normalized spacial score (nSPS) is 20.3. The Morgan fingerprint density at radius 1 is 1.40 bits per heavy atom. The Labute approximate surface area is 153 Å². The molecule has 25 heavy (non-hydrogen) atoms. The first-order valence-electron chi connectivity index (χ1n) is 8.44. The van der Waals surface area contributed by atoms with Crippen molar-refractivity contribution in [1.29, 1.82) is 0 Å². The van der Waals surface area contributed by atoms with E-state index in [2.05, 4.69) is 22.8 Å². The number of hydrazone groups is 1. The summed E-state index contributed by atoms with van der Waals surface area (Å²) in [6.45, 7) is 2.23. The molecule has 0 unspecified atom stereocenters. The fraction of sp³-hybridized carbons (Fsp3) is 0.529. The van der Waals surface area contributed by atoms with Crippen molar-refractivity contribution in [2.45, 2.75) is 38.6 Å². The monoisotopic (exact) mass is 363 g/mol. The van der Waals surface area contributed by atoms with Gasteiger partial charge in [0.2, 0.25) is 0 Å². The Bertz CT molecular complexity index is 662. The molecule has 1 saturated carbocycles. The standard InChI is InChI=1S/C17H25N5O2S/c1-12-6-4-5-7-14(12)19-17(25)20-18-11-13-8-9-15(21(2)3)16(10-13)22(23)24/h8-12,14H,4-7H2,1-3H3,(H2,19,20,25)/b18-11-/t12-,14+/m0/s1. The van der Waals surface area contributed by atoms with Crippen LogP contribution in [0.2, 0.25) is 0 Å². The number of anilines is 1. The van der Waals surface area contributed by atoms with E-state index in [-0.39, 0.29) is 5.69 Å². The van der Waals surface area contributed by atoms with Crippen molar-refractivity contribution in [2.24, 2.45) is 11.0 Å². The fourth-order valence-electron chi connectivity index (χ4n) is 3.04. The Morgan fingerprint density at radius 2 is 2.12 bits per heavy atom. The lowest BCUT2D eigenvalue weighted by molar-refractivity contribution is -0.384. The molecule has 2 N–H and O–H groups in total. The van der Waals surface area contributed by atoms with E-state index in [1.807, 2.05) is 0 Å². The van der Waals surface area contributed by atoms with Crippen molar-refractivity contribution in [1.82, 2.24) is 10.7 Å². The predicted molar refractivity (Wildman–Crippen MR) is 105 cm³/mol. The highest BCUT2D eigenvalue weighted by Gasteiger charge is 2.21. The Kier molecular flexibility index (Phi) is 6.69. The Morgan fingerprint density at radius 3 is 2.76 bits per heavy atom. The molecule has 136 valence electrons. The Hall–Kier alpha value is -2.22. The summed E-state index contributed by atoms with van der Waals surface area (Å²) in [5, 5.41) is 19.1. The van der Waals surface area contributed by atoms with Crippen LogP contribution in [0.15, 0.2) is 23.3 Å². The summed E-state index contributed by atoms with van der Waals surface area (Å²) in [6, 6.07) is 5.37. The maximum Gasteiger partial charge on any atom is 0.293 e. The molecule has 0 aliphatic heterocycles. The highest BCUT2D eigenvalue weighted by Crippen LogP contribution is 2.27. The largest absolute Gasteiger partial charge is 0.372 e. The first kappa shape index (κ1) is 19.1. The first-order chi connectivity index (χ1) is 11.9. The van der Waals surface area contributed by atoms with Gasteiger partial charge in [-0.1, -0.05) is 25.8 Å². The minimum absolute atomic E-state index is 0.0469. The Balaban J connectivity index is 1.96. The molecule has 1 fully saturated rings. The quantitative estimate of drug-likeness (QED) is 0.362. The maximum absolute atomic E-state index is 11.2. The SMILES string of the molecule is C[C@H]1CCCC[C@H]1NC(=S)N/N=C\c1ccc(N(C)C)c([N+](=O)[O-])c1. The third-order valence-corrected chi connectivity index (χ3v) is 4.69. The highest BCUT2D eigenvalue weighted by molar-refractivity contribution is 7.80. The summed E-state index contributed by atoms with van der Waals surface area (Å²) in [5.74, 6) is 0.596. The van der Waals surface area contributed by atoms with Crippen LogP contribution in [0.1, 0.15) is 38.2 Å². The molecular formula is C17H25N5O2S. The summed E-state index contributed by atoms with van der Waals surface area (Å²) < 4.78 is 0. The zero-order valence-corrected chi connectivity index (χ0v) is 15.7. The minimum Gasteiger partial charge on any atom is -0.372 e. The van der Waals surface area contributed by atoms with E-state index in [1.54, 1.807) is 31.1 Å². The maximum atomic E-state index is 11.2. The number of nitro groups is 1. The summed E-state index contributed by atoms with van der Waals surface area (Å²) in [5.41, 5.74) is 4.03. The number of thiocarbonyl (C=S) groups is 1. The van der Waals surface area contributed by atoms with Crippen LogP contribution in [0.3, 0.4) is 0 Å². The summed E-state index contributed by atoms with van der Waals surface area (Å²) >= 11 is 5.27. The lowest BCUT2D eigenvalue weighted by atomic mass is 9.86. The summed E-state index contributed by atoms with van der Waals surface area (Å²) in [7, 11) is 3.54. The van der Waals surface area contributed by atoms with Crippen molar-refractivity contribution in [3.05, 3.63) is 33.9 Å². The van der Waals surface area contributed by atoms with Crippen LogP contribution in [0, 0.1) is 16.0 Å². The minimum atomic E-state index is -0.392. The van der Waals surface area contributed by atoms with Crippen molar-refractivity contribution in [3.63, 3.8) is 0 Å². The van der Waals surface area contributed by atoms with Crippen LogP contribution in [-0.4, -0.2) is 36.4 Å². The molecule has 0 heterocycles. The second-order valence-electron chi connectivity index (χ2n) is 6.61. The molecule has 1 aliphatic rings. The molecule has 2 rings (SSSR count). The molecule has 1 aromatic carbocycles. The van der Waals surface area contributed by atoms with Gasteiger partial charge in [0.25, 0.3) is 5.69 Å². The zero-order valence-electron chi connectivity index (χ0n) is 14.9. The molecule has 1 aromatic rings. The predicted octanol–water partition coefficient (Wildman–Crippen LogP) is 3.04. The second kappa shape index (κ2) is 8.75. The van der Waals surface area contributed by atoms with Crippen LogP contribution in [0.5, 0.6) is 0 Å². The van der Waals surface area contributed by atoms with Crippen LogP contribution in [0.25, 0.3) is 0 Å². The number of nitrogens with one attached hydrogen (secondary N) is 2. The van der Waals surface area contributed by atoms with Gasteiger partial charge in [0.15, 0.2) is 5.11 Å². The van der Waals surface area contributed by atoms with Gasteiger partial charge >= 0.3 is 0 Å². The van der Waals surface area contributed by atoms with E-state index in [0.717, 1.165) is 6.42 Å². The molecule has 0 radical (unpaired) electrons. The number of hydrogen-bond donors (Lipinski definition) is 2. The van der Waals surface area contributed by atoms with Crippen LogP contribution in [0.4, 0.5) is 11.4 Å². The number of benzene rings is 1. The first-order valence-corrected chi connectivity index (χ1v) is 8.84. The van der Waals surface area contributed by atoms with E-state index in [1.165, 1.54) is 31.5 Å². The van der Waals surface area contributed by atoms with Gasteiger partial charge in [-0.25, -0.2) is 0 Å². The molecule has 7 nitrogen and oxygen atoms in total. The molecule has 8 heteroatoms. The molecule has 0 spiro atoms. The van der Waals surface area contributed by atoms with Crippen LogP contribution in [-0.2, 0) is 0 Å². The zero-order chi connectivity index (χ0) is 18.4. The number of nitrogens with zero attached hydrogens (tertiary/aromatic N) is 3. The van der Waals surface area contributed by atoms with Crippen LogP contribution >= 0.6 is 12.2 Å². The van der Waals surface area contributed by atoms with E-state index in [0.29, 0.717) is 28.3 Å². The fourth-order valence-corrected chi connectivity index (χ4v) is 3.25. The van der Waals surface area contributed by atoms with Gasteiger partial charge in [0, 0.05) is 31.8 Å². The molecule has 0 aromatic heterocycles. The van der Waals surface area contributed by atoms with Gasteiger partial charge in [-0.05, 0) is 37.0 Å². The van der Waals surface area contributed by atoms with Crippen LogP contribution < -0.4 is 15.6 Å². The second-order valence-corrected chi connectivity index (χ2v) is 7.02. The third kappa shape index (κ3) is 5.38. The van der Waals surface area contributed by atoms with Crippen molar-refractivity contribution < 1.29 is 4.92 Å². The average molecular weight is 363 g/mol. The van der Waals surface area contributed by atoms with E-state index < -0.39 is 4.92 Å². The molecule has 1 aliphatic carbocycles. The summed E-state index contributed by atoms with van der Waals surface area (Å²) in [6.07, 6.45) is 6.36. The third-order valence-electron chi connectivity index (χ3n) is 4.49. The lowest BCUT2D eigenvalue weighted by Crippen LogP contribution is -2.44. The number of hydrogen-bond acceptors (Lipinski definition) is 5.